The van der Waals surface area contributed by atoms with E-state index in [4.69, 9.17) is 4.74 Å². The van der Waals surface area contributed by atoms with Crippen molar-refractivity contribution in [2.45, 2.75) is 19.4 Å². The predicted molar refractivity (Wildman–Crippen MR) is 115 cm³/mol. The Morgan fingerprint density at radius 2 is 1.91 bits per heavy atom. The molecule has 0 radical (unpaired) electrons. The quantitative estimate of drug-likeness (QED) is 0.495. The second kappa shape index (κ2) is 8.27. The molecular formula is C22H21F3N6O. The lowest BCUT2D eigenvalue weighted by atomic mass is 10.0. The van der Waals surface area contributed by atoms with E-state index in [1.165, 1.54) is 12.1 Å². The molecule has 0 aliphatic carbocycles. The molecular weight excluding hydrogens is 421 g/mol. The normalized spacial score (nSPS) is 15.6. The van der Waals surface area contributed by atoms with Crippen LogP contribution in [-0.4, -0.2) is 45.7 Å². The van der Waals surface area contributed by atoms with Crippen molar-refractivity contribution in [3.05, 3.63) is 59.8 Å². The minimum absolute atomic E-state index is 0.142. The molecule has 0 amide bonds. The number of halogens is 3. The van der Waals surface area contributed by atoms with Crippen molar-refractivity contribution in [3.63, 3.8) is 0 Å². The van der Waals surface area contributed by atoms with E-state index in [-0.39, 0.29) is 5.56 Å². The SMILES string of the molecule is C[C@@H](Nc1nc2nccn2c2cnc(N3CCOCC3)cc12)c1cccc(C(F)F)c1F. The Bertz CT molecular complexity index is 1270. The Labute approximate surface area is 181 Å². The lowest BCUT2D eigenvalue weighted by Gasteiger charge is -2.28. The van der Waals surface area contributed by atoms with Crippen molar-refractivity contribution in [3.8, 4) is 0 Å². The van der Waals surface area contributed by atoms with Crippen LogP contribution in [0.1, 0.15) is 30.5 Å². The van der Waals surface area contributed by atoms with Gasteiger partial charge in [0.1, 0.15) is 17.5 Å². The van der Waals surface area contributed by atoms with Crippen molar-refractivity contribution in [1.29, 1.82) is 0 Å². The molecule has 1 aliphatic rings. The highest BCUT2D eigenvalue weighted by Gasteiger charge is 2.21. The number of imidazole rings is 1. The molecule has 0 unspecified atom stereocenters. The number of benzene rings is 1. The zero-order valence-corrected chi connectivity index (χ0v) is 17.3. The standard InChI is InChI=1S/C22H21F3N6O/c1-13(14-3-2-4-15(19(14)23)20(24)25)28-21-16-11-18(30-7-9-32-10-8-30)27-12-17(16)31-6-5-26-22(31)29-21/h2-6,11-13,20H,7-10H2,1H3,(H,26,28,29)/t13-/m1/s1. The Hall–Kier alpha value is -3.40. The molecule has 1 fully saturated rings. The van der Waals surface area contributed by atoms with Crippen molar-refractivity contribution in [1.82, 2.24) is 19.4 Å². The third-order valence-electron chi connectivity index (χ3n) is 5.66. The van der Waals surface area contributed by atoms with Gasteiger partial charge in [-0.2, -0.15) is 4.98 Å². The molecule has 1 aromatic carbocycles. The smallest absolute Gasteiger partial charge is 0.266 e. The van der Waals surface area contributed by atoms with Gasteiger partial charge in [0, 0.05) is 36.4 Å². The summed E-state index contributed by atoms with van der Waals surface area (Å²) in [5.41, 5.74) is 0.306. The number of rotatable bonds is 5. The number of morpholine rings is 1. The molecule has 4 heterocycles. The minimum Gasteiger partial charge on any atom is -0.378 e. The number of anilines is 2. The molecule has 1 atom stereocenters. The van der Waals surface area contributed by atoms with Gasteiger partial charge < -0.3 is 15.0 Å². The van der Waals surface area contributed by atoms with Crippen LogP contribution in [0.3, 0.4) is 0 Å². The molecule has 7 nitrogen and oxygen atoms in total. The van der Waals surface area contributed by atoms with Gasteiger partial charge in [-0.05, 0) is 13.0 Å². The molecule has 1 aliphatic heterocycles. The van der Waals surface area contributed by atoms with E-state index in [2.05, 4.69) is 25.2 Å². The number of aromatic nitrogens is 4. The summed E-state index contributed by atoms with van der Waals surface area (Å²) in [6.45, 7) is 4.41. The molecule has 1 saturated heterocycles. The van der Waals surface area contributed by atoms with E-state index >= 15 is 0 Å². The van der Waals surface area contributed by atoms with Gasteiger partial charge in [0.25, 0.3) is 6.43 Å². The Morgan fingerprint density at radius 3 is 2.69 bits per heavy atom. The maximum Gasteiger partial charge on any atom is 0.266 e. The second-order valence-electron chi connectivity index (χ2n) is 7.63. The summed E-state index contributed by atoms with van der Waals surface area (Å²) in [7, 11) is 0. The predicted octanol–water partition coefficient (Wildman–Crippen LogP) is 4.36. The van der Waals surface area contributed by atoms with Gasteiger partial charge in [0.2, 0.25) is 5.78 Å². The monoisotopic (exact) mass is 442 g/mol. The van der Waals surface area contributed by atoms with Crippen LogP contribution in [0.15, 0.2) is 42.9 Å². The van der Waals surface area contributed by atoms with Gasteiger partial charge in [-0.25, -0.2) is 23.1 Å². The van der Waals surface area contributed by atoms with Crippen molar-refractivity contribution >= 4 is 28.3 Å². The van der Waals surface area contributed by atoms with E-state index < -0.39 is 23.8 Å². The zero-order valence-electron chi connectivity index (χ0n) is 17.3. The van der Waals surface area contributed by atoms with Crippen LogP contribution in [0.4, 0.5) is 24.8 Å². The molecule has 32 heavy (non-hydrogen) atoms. The third-order valence-corrected chi connectivity index (χ3v) is 5.66. The highest BCUT2D eigenvalue weighted by atomic mass is 19.3. The van der Waals surface area contributed by atoms with Gasteiger partial charge in [-0.3, -0.25) is 4.40 Å². The molecule has 166 valence electrons. The van der Waals surface area contributed by atoms with E-state index in [0.717, 1.165) is 35.9 Å². The van der Waals surface area contributed by atoms with Crippen LogP contribution in [0.25, 0.3) is 16.7 Å². The molecule has 3 aromatic heterocycles. The van der Waals surface area contributed by atoms with Gasteiger partial charge in [0.15, 0.2) is 0 Å². The maximum absolute atomic E-state index is 14.7. The van der Waals surface area contributed by atoms with E-state index in [9.17, 15) is 13.2 Å². The molecule has 5 rings (SSSR count). The third kappa shape index (κ3) is 3.60. The number of hydrogen-bond donors (Lipinski definition) is 1. The fourth-order valence-corrected chi connectivity index (χ4v) is 3.97. The number of nitrogens with one attached hydrogen (secondary N) is 1. The van der Waals surface area contributed by atoms with Crippen LogP contribution in [0.5, 0.6) is 0 Å². The summed E-state index contributed by atoms with van der Waals surface area (Å²) >= 11 is 0. The van der Waals surface area contributed by atoms with Gasteiger partial charge in [0.05, 0.1) is 36.5 Å². The van der Waals surface area contributed by atoms with Crippen molar-refractivity contribution in [2.24, 2.45) is 0 Å². The summed E-state index contributed by atoms with van der Waals surface area (Å²) in [5, 5.41) is 3.97. The number of pyridine rings is 1. The van der Waals surface area contributed by atoms with Crippen LogP contribution in [0, 0.1) is 5.82 Å². The summed E-state index contributed by atoms with van der Waals surface area (Å²) < 4.78 is 48.3. The van der Waals surface area contributed by atoms with E-state index in [1.807, 2.05) is 10.5 Å². The Morgan fingerprint density at radius 1 is 1.12 bits per heavy atom. The van der Waals surface area contributed by atoms with Crippen LogP contribution in [0.2, 0.25) is 0 Å². The van der Waals surface area contributed by atoms with Crippen LogP contribution < -0.4 is 10.2 Å². The van der Waals surface area contributed by atoms with Gasteiger partial charge in [-0.15, -0.1) is 0 Å². The molecule has 0 bridgehead atoms. The molecule has 0 spiro atoms. The average Bonchev–Trinajstić information content (AvgIpc) is 3.28. The molecule has 4 aromatic rings. The fourth-order valence-electron chi connectivity index (χ4n) is 3.97. The van der Waals surface area contributed by atoms with Crippen molar-refractivity contribution in [2.75, 3.05) is 36.5 Å². The first-order chi connectivity index (χ1) is 15.5. The van der Waals surface area contributed by atoms with Crippen LogP contribution >= 0.6 is 0 Å². The summed E-state index contributed by atoms with van der Waals surface area (Å²) in [6.07, 6.45) is 2.30. The highest BCUT2D eigenvalue weighted by molar-refractivity contribution is 5.92. The topological polar surface area (TPSA) is 67.6 Å². The molecule has 0 saturated carbocycles. The second-order valence-corrected chi connectivity index (χ2v) is 7.63. The summed E-state index contributed by atoms with van der Waals surface area (Å²) in [6, 6.07) is 5.34. The van der Waals surface area contributed by atoms with Crippen molar-refractivity contribution < 1.29 is 17.9 Å². The number of nitrogens with zero attached hydrogens (tertiary/aromatic N) is 5. The number of ether oxygens (including phenoxy) is 1. The average molecular weight is 442 g/mol. The van der Waals surface area contributed by atoms with Gasteiger partial charge >= 0.3 is 0 Å². The van der Waals surface area contributed by atoms with Gasteiger partial charge in [-0.1, -0.05) is 18.2 Å². The Kier molecular flexibility index (Phi) is 5.30. The zero-order chi connectivity index (χ0) is 22.2. The molecule has 10 heteroatoms. The first-order valence-corrected chi connectivity index (χ1v) is 10.3. The van der Waals surface area contributed by atoms with E-state index in [0.29, 0.717) is 24.8 Å². The number of fused-ring (bicyclic) bond motifs is 3. The lowest BCUT2D eigenvalue weighted by Crippen LogP contribution is -2.36. The summed E-state index contributed by atoms with van der Waals surface area (Å²) in [5.74, 6) is 0.799. The highest BCUT2D eigenvalue weighted by Crippen LogP contribution is 2.32. The fraction of sp³-hybridized carbons (Fsp3) is 0.318. The first-order valence-electron chi connectivity index (χ1n) is 10.3. The number of hydrogen-bond acceptors (Lipinski definition) is 6. The Balaban J connectivity index is 1.58. The van der Waals surface area contributed by atoms with E-state index in [1.54, 1.807) is 25.5 Å². The first kappa shape index (κ1) is 20.5. The molecule has 1 N–H and O–H groups in total. The summed E-state index contributed by atoms with van der Waals surface area (Å²) in [4.78, 5) is 15.6. The lowest BCUT2D eigenvalue weighted by molar-refractivity contribution is 0.122. The minimum atomic E-state index is -2.88. The largest absolute Gasteiger partial charge is 0.378 e. The number of alkyl halides is 2. The maximum atomic E-state index is 14.7. The van der Waals surface area contributed by atoms with Crippen LogP contribution in [-0.2, 0) is 4.74 Å².